The van der Waals surface area contributed by atoms with Crippen molar-refractivity contribution in [3.63, 3.8) is 0 Å². The van der Waals surface area contributed by atoms with E-state index in [2.05, 4.69) is 30.9 Å². The zero-order valence-electron chi connectivity index (χ0n) is 23.5. The Morgan fingerprint density at radius 3 is 2.28 bits per heavy atom. The van der Waals surface area contributed by atoms with Gasteiger partial charge in [0.25, 0.3) is 12.3 Å². The van der Waals surface area contributed by atoms with E-state index in [0.29, 0.717) is 5.56 Å². The first kappa shape index (κ1) is 32.4. The Bertz CT molecular complexity index is 1730. The Morgan fingerprint density at radius 1 is 0.957 bits per heavy atom. The number of hydrogen-bond donors (Lipinski definition) is 4. The van der Waals surface area contributed by atoms with Gasteiger partial charge in [0.1, 0.15) is 5.56 Å². The van der Waals surface area contributed by atoms with E-state index < -0.39 is 59.5 Å². The smallest absolute Gasteiger partial charge is 0.418 e. The molecular formula is C29H24F8N6O3. The van der Waals surface area contributed by atoms with Crippen LogP contribution in [0.4, 0.5) is 52.4 Å². The predicted molar refractivity (Wildman–Crippen MR) is 149 cm³/mol. The normalized spacial score (nSPS) is 13.8. The third-order valence-electron chi connectivity index (χ3n) is 7.08. The van der Waals surface area contributed by atoms with E-state index >= 15 is 0 Å². The number of hydrogen-bond acceptors (Lipinski definition) is 6. The van der Waals surface area contributed by atoms with E-state index in [9.17, 15) is 44.7 Å². The Morgan fingerprint density at radius 2 is 1.67 bits per heavy atom. The molecule has 2 aromatic heterocycles. The Kier molecular flexibility index (Phi) is 9.03. The summed E-state index contributed by atoms with van der Waals surface area (Å²) >= 11 is 0. The molecule has 0 spiro atoms. The summed E-state index contributed by atoms with van der Waals surface area (Å²) in [6.45, 7) is -1.19. The molecule has 4 aromatic rings. The summed E-state index contributed by atoms with van der Waals surface area (Å²) in [4.78, 5) is 35.9. The van der Waals surface area contributed by atoms with Crippen molar-refractivity contribution in [2.75, 3.05) is 17.2 Å². The van der Waals surface area contributed by atoms with E-state index in [4.69, 9.17) is 4.74 Å². The molecule has 1 saturated carbocycles. The van der Waals surface area contributed by atoms with Crippen molar-refractivity contribution in [3.05, 3.63) is 70.8 Å². The number of anilines is 3. The number of pyridine rings is 1. The minimum atomic E-state index is -4.78. The van der Waals surface area contributed by atoms with Gasteiger partial charge >= 0.3 is 12.4 Å². The molecule has 5 rings (SSSR count). The molecule has 2 heterocycles. The van der Waals surface area contributed by atoms with Crippen molar-refractivity contribution in [2.45, 2.75) is 44.6 Å². The van der Waals surface area contributed by atoms with Crippen LogP contribution in [0, 0.1) is 5.92 Å². The predicted octanol–water partition coefficient (Wildman–Crippen LogP) is 7.05. The van der Waals surface area contributed by atoms with Crippen LogP contribution in [-0.2, 0) is 23.7 Å². The van der Waals surface area contributed by atoms with Gasteiger partial charge in [-0.3, -0.25) is 9.59 Å². The molecule has 244 valence electrons. The van der Waals surface area contributed by atoms with Gasteiger partial charge in [-0.1, -0.05) is 12.5 Å². The Hall–Kier alpha value is -4.96. The monoisotopic (exact) mass is 656 g/mol. The average Bonchev–Trinajstić information content (AvgIpc) is 3.33. The van der Waals surface area contributed by atoms with Crippen LogP contribution in [0.1, 0.15) is 46.3 Å². The number of H-pyrrole nitrogens is 1. The van der Waals surface area contributed by atoms with E-state index in [1.54, 1.807) is 0 Å². The number of carbonyl (C=O) groups is 2. The molecule has 2 aromatic carbocycles. The highest BCUT2D eigenvalue weighted by Crippen LogP contribution is 2.37. The molecule has 0 radical (unpaired) electrons. The number of alkyl halides is 8. The molecule has 0 bridgehead atoms. The molecular weight excluding hydrogens is 632 g/mol. The molecule has 0 aliphatic heterocycles. The fourth-order valence-electron chi connectivity index (χ4n) is 4.52. The number of amides is 2. The second-order valence-corrected chi connectivity index (χ2v) is 10.4. The van der Waals surface area contributed by atoms with Crippen LogP contribution >= 0.6 is 0 Å². The summed E-state index contributed by atoms with van der Waals surface area (Å²) in [7, 11) is 0. The number of fused-ring (bicyclic) bond motifs is 1. The van der Waals surface area contributed by atoms with E-state index in [1.165, 1.54) is 12.1 Å². The molecule has 4 N–H and O–H groups in total. The average molecular weight is 657 g/mol. The number of imidazole rings is 1. The number of halogens is 8. The molecule has 0 saturated heterocycles. The lowest BCUT2D eigenvalue weighted by molar-refractivity contribution is -0.138. The van der Waals surface area contributed by atoms with Gasteiger partial charge in [-0.2, -0.15) is 36.3 Å². The lowest BCUT2D eigenvalue weighted by atomic mass is 9.85. The van der Waals surface area contributed by atoms with Crippen LogP contribution < -0.4 is 20.7 Å². The lowest BCUT2D eigenvalue weighted by Gasteiger charge is -2.24. The highest BCUT2D eigenvalue weighted by Gasteiger charge is 2.34. The van der Waals surface area contributed by atoms with Gasteiger partial charge in [0.2, 0.25) is 17.7 Å². The molecule has 9 nitrogen and oxygen atoms in total. The maximum absolute atomic E-state index is 13.8. The van der Waals surface area contributed by atoms with Crippen molar-refractivity contribution in [1.82, 2.24) is 20.3 Å². The maximum atomic E-state index is 13.8. The fraction of sp³-hybridized carbons (Fsp3) is 0.310. The van der Waals surface area contributed by atoms with Crippen LogP contribution in [-0.4, -0.2) is 39.8 Å². The summed E-state index contributed by atoms with van der Waals surface area (Å²) in [5.41, 5.74) is -2.77. The third kappa shape index (κ3) is 7.63. The van der Waals surface area contributed by atoms with Gasteiger partial charge in [0.15, 0.2) is 12.3 Å². The Balaban J connectivity index is 1.42. The minimum Gasteiger partial charge on any atom is -0.471 e. The number of benzene rings is 2. The number of nitrogens with zero attached hydrogens (tertiary/aromatic N) is 2. The number of nitrogens with one attached hydrogen (secondary N) is 4. The summed E-state index contributed by atoms with van der Waals surface area (Å²) < 4.78 is 111. The van der Waals surface area contributed by atoms with Crippen molar-refractivity contribution < 1.29 is 49.4 Å². The van der Waals surface area contributed by atoms with Gasteiger partial charge in [-0.15, -0.1) is 0 Å². The van der Waals surface area contributed by atoms with Crippen molar-refractivity contribution >= 4 is 40.3 Å². The minimum absolute atomic E-state index is 0.0121. The first-order valence-corrected chi connectivity index (χ1v) is 13.7. The SMILES string of the molecule is O=C(Nc1ccc(C(F)(F)F)cc1)c1cc2[nH]c(Nc3cc(CNC(=O)C4CCC4)ccc3C(F)(F)F)nc2nc1OCC(F)F. The molecule has 0 unspecified atom stereocenters. The number of ether oxygens (including phenoxy) is 1. The topological polar surface area (TPSA) is 121 Å². The molecule has 1 fully saturated rings. The molecule has 46 heavy (non-hydrogen) atoms. The summed E-state index contributed by atoms with van der Waals surface area (Å²) in [5, 5.41) is 7.55. The van der Waals surface area contributed by atoms with Gasteiger partial charge in [0, 0.05) is 18.2 Å². The van der Waals surface area contributed by atoms with Crippen LogP contribution in [0.15, 0.2) is 48.5 Å². The molecule has 1 aliphatic rings. The number of aromatic amines is 1. The first-order chi connectivity index (χ1) is 21.7. The fourth-order valence-corrected chi connectivity index (χ4v) is 4.52. The number of rotatable bonds is 10. The summed E-state index contributed by atoms with van der Waals surface area (Å²) in [5.74, 6) is -2.16. The zero-order chi connectivity index (χ0) is 33.2. The standard InChI is InChI=1S/C29H24F8N6O3/c30-22(31)13-46-26-18(25(45)39-17-7-5-16(6-8-17)28(32,33)34)11-21-23(42-26)43-27(41-21)40-20-10-14(4-9-19(20)29(35,36)37)12-38-24(44)15-2-1-3-15/h4-11,15,22H,1-3,12-13H2,(H,38,44)(H,39,45)(H2,40,41,42,43). The molecule has 1 aliphatic carbocycles. The highest BCUT2D eigenvalue weighted by molar-refractivity contribution is 6.07. The second-order valence-electron chi connectivity index (χ2n) is 10.4. The number of carbonyl (C=O) groups excluding carboxylic acids is 2. The largest absolute Gasteiger partial charge is 0.471 e. The van der Waals surface area contributed by atoms with Crippen LogP contribution in [0.5, 0.6) is 5.88 Å². The van der Waals surface area contributed by atoms with E-state index in [1.807, 2.05) is 0 Å². The van der Waals surface area contributed by atoms with Crippen molar-refractivity contribution in [1.29, 1.82) is 0 Å². The zero-order valence-corrected chi connectivity index (χ0v) is 23.5. The van der Waals surface area contributed by atoms with Gasteiger partial charge in [0.05, 0.1) is 22.3 Å². The van der Waals surface area contributed by atoms with Crippen molar-refractivity contribution in [3.8, 4) is 5.88 Å². The number of aromatic nitrogens is 3. The van der Waals surface area contributed by atoms with Crippen LogP contribution in [0.2, 0.25) is 0 Å². The first-order valence-electron chi connectivity index (χ1n) is 13.7. The lowest BCUT2D eigenvalue weighted by Crippen LogP contribution is -2.34. The van der Waals surface area contributed by atoms with E-state index in [0.717, 1.165) is 55.7 Å². The highest BCUT2D eigenvalue weighted by atomic mass is 19.4. The summed E-state index contributed by atoms with van der Waals surface area (Å²) in [6.07, 6.45) is -9.93. The quantitative estimate of drug-likeness (QED) is 0.136. The summed E-state index contributed by atoms with van der Waals surface area (Å²) in [6, 6.07) is 7.76. The second kappa shape index (κ2) is 12.8. The molecule has 0 atom stereocenters. The Labute approximate surface area is 254 Å². The van der Waals surface area contributed by atoms with Gasteiger partial charge < -0.3 is 25.7 Å². The van der Waals surface area contributed by atoms with E-state index in [-0.39, 0.29) is 41.2 Å². The maximum Gasteiger partial charge on any atom is 0.418 e. The van der Waals surface area contributed by atoms with Gasteiger partial charge in [-0.25, -0.2) is 8.78 Å². The third-order valence-corrected chi connectivity index (χ3v) is 7.08. The van der Waals surface area contributed by atoms with Crippen molar-refractivity contribution in [2.24, 2.45) is 5.92 Å². The van der Waals surface area contributed by atoms with Crippen LogP contribution in [0.3, 0.4) is 0 Å². The van der Waals surface area contributed by atoms with Crippen LogP contribution in [0.25, 0.3) is 11.2 Å². The molecule has 17 heteroatoms. The molecule has 2 amide bonds. The van der Waals surface area contributed by atoms with Gasteiger partial charge in [-0.05, 0) is 60.9 Å².